The molecule has 0 aliphatic carbocycles. The minimum atomic E-state index is -0.881. The third-order valence-electron chi connectivity index (χ3n) is 1.69. The molecule has 0 fully saturated rings. The van der Waals surface area contributed by atoms with Crippen molar-refractivity contribution in [3.63, 3.8) is 0 Å². The lowest BCUT2D eigenvalue weighted by Gasteiger charge is -2.13. The summed E-state index contributed by atoms with van der Waals surface area (Å²) in [5.41, 5.74) is 5.28. The van der Waals surface area contributed by atoms with Gasteiger partial charge in [0.15, 0.2) is 6.40 Å². The lowest BCUT2D eigenvalue weighted by molar-refractivity contribution is -0.139. The van der Waals surface area contributed by atoms with E-state index in [1.165, 1.54) is 0 Å². The maximum Gasteiger partial charge on any atom is 0.320 e. The summed E-state index contributed by atoms with van der Waals surface area (Å²) in [6.07, 6.45) is 2.02. The maximum atomic E-state index is 10.7. The number of carboxylic acids is 1. The van der Waals surface area contributed by atoms with Crippen molar-refractivity contribution in [2.45, 2.75) is 18.9 Å². The van der Waals surface area contributed by atoms with Crippen LogP contribution in [0.5, 0.6) is 0 Å². The third kappa shape index (κ3) is 11.5. The van der Waals surface area contributed by atoms with Crippen LogP contribution in [0, 0.1) is 5.41 Å². The molecule has 0 spiro atoms. The Bertz CT molecular complexity index is 184. The highest BCUT2D eigenvalue weighted by molar-refractivity contribution is 5.85. The summed E-state index contributed by atoms with van der Waals surface area (Å²) in [6, 6.07) is -0.576. The molecule has 8 heteroatoms. The number of carboxylic acid groups (broad SMARTS) is 1. The highest BCUT2D eigenvalue weighted by atomic mass is 35.5. The van der Waals surface area contributed by atoms with Gasteiger partial charge in [-0.1, -0.05) is 0 Å². The van der Waals surface area contributed by atoms with Crippen molar-refractivity contribution < 1.29 is 14.6 Å². The zero-order chi connectivity index (χ0) is 10.8. The number of hydrogen-bond donors (Lipinski definition) is 4. The molecule has 0 unspecified atom stereocenters. The Labute approximate surface area is 107 Å². The van der Waals surface area contributed by atoms with Crippen LogP contribution in [0.1, 0.15) is 12.8 Å². The van der Waals surface area contributed by atoms with E-state index in [9.17, 15) is 4.79 Å². The lowest BCUT2D eigenvalue weighted by Crippen LogP contribution is -2.38. The van der Waals surface area contributed by atoms with E-state index in [0.717, 1.165) is 6.40 Å². The number of ether oxygens (including phenoxy) is 1. The summed E-state index contributed by atoms with van der Waals surface area (Å²) in [5, 5.41) is 18.1. The van der Waals surface area contributed by atoms with Crippen molar-refractivity contribution in [3.05, 3.63) is 0 Å². The van der Waals surface area contributed by atoms with Gasteiger partial charge >= 0.3 is 5.97 Å². The smallest absolute Gasteiger partial charge is 0.320 e. The van der Waals surface area contributed by atoms with Gasteiger partial charge < -0.3 is 20.9 Å². The monoisotopic (exact) mass is 275 g/mol. The van der Waals surface area contributed by atoms with Crippen molar-refractivity contribution in [3.8, 4) is 0 Å². The second-order valence-corrected chi connectivity index (χ2v) is 2.76. The van der Waals surface area contributed by atoms with Gasteiger partial charge in [-0.2, -0.15) is 0 Å². The van der Waals surface area contributed by atoms with E-state index in [0.29, 0.717) is 32.5 Å². The molecule has 0 bridgehead atoms. The first-order valence-corrected chi connectivity index (χ1v) is 4.49. The predicted octanol–water partition coefficient (Wildman–Crippen LogP) is 0.235. The summed E-state index contributed by atoms with van der Waals surface area (Å²) in [6.45, 7) is 1.20. The average molecular weight is 276 g/mol. The van der Waals surface area contributed by atoms with Gasteiger partial charge in [-0.05, 0) is 19.4 Å². The molecule has 0 amide bonds. The normalized spacial score (nSPS) is 10.6. The minimum absolute atomic E-state index is 0. The Balaban J connectivity index is -0.000000845. The fourth-order valence-electron chi connectivity index (χ4n) is 0.986. The second-order valence-electron chi connectivity index (χ2n) is 2.76. The predicted molar refractivity (Wildman–Crippen MR) is 66.9 cm³/mol. The molecule has 6 nitrogen and oxygen atoms in total. The van der Waals surface area contributed by atoms with Crippen molar-refractivity contribution in [1.29, 1.82) is 5.41 Å². The van der Waals surface area contributed by atoms with Crippen LogP contribution in [0.3, 0.4) is 0 Å². The summed E-state index contributed by atoms with van der Waals surface area (Å²) < 4.78 is 4.63. The Morgan fingerprint density at radius 3 is 2.62 bits per heavy atom. The molecule has 0 aliphatic heterocycles. The molecular weight excluding hydrogens is 257 g/mol. The van der Waals surface area contributed by atoms with Crippen molar-refractivity contribution in [2.75, 3.05) is 19.7 Å². The molecule has 5 N–H and O–H groups in total. The second kappa shape index (κ2) is 14.4. The van der Waals surface area contributed by atoms with E-state index in [1.54, 1.807) is 0 Å². The molecule has 0 rings (SSSR count). The van der Waals surface area contributed by atoms with Crippen LogP contribution in [0.4, 0.5) is 0 Å². The van der Waals surface area contributed by atoms with Gasteiger partial charge in [0.2, 0.25) is 0 Å². The van der Waals surface area contributed by atoms with E-state index in [1.807, 2.05) is 0 Å². The molecule has 0 saturated carbocycles. The molecule has 0 heterocycles. The van der Waals surface area contributed by atoms with Gasteiger partial charge in [0, 0.05) is 6.54 Å². The summed E-state index contributed by atoms with van der Waals surface area (Å²) in [5.74, 6) is -0.881. The first-order chi connectivity index (χ1) is 6.72. The van der Waals surface area contributed by atoms with E-state index < -0.39 is 12.0 Å². The van der Waals surface area contributed by atoms with Crippen LogP contribution in [0.2, 0.25) is 0 Å². The van der Waals surface area contributed by atoms with Gasteiger partial charge in [-0.15, -0.1) is 24.8 Å². The fourth-order valence-corrected chi connectivity index (χ4v) is 0.986. The molecule has 0 aromatic rings. The average Bonchev–Trinajstić information content (AvgIpc) is 2.16. The standard InChI is InChI=1S/C8H17N3O3.2ClH/c9-3-1-2-7(8(12)13)11-4-5-14-6-10;;/h6-7,10-11H,1-5,9H2,(H,12,13);2*1H/t7-;;/m0../s1. The van der Waals surface area contributed by atoms with Crippen LogP contribution in [0.25, 0.3) is 0 Å². The van der Waals surface area contributed by atoms with Crippen LogP contribution < -0.4 is 11.1 Å². The summed E-state index contributed by atoms with van der Waals surface area (Å²) >= 11 is 0. The number of carbonyl (C=O) groups is 1. The first-order valence-electron chi connectivity index (χ1n) is 4.49. The van der Waals surface area contributed by atoms with Gasteiger partial charge in [-0.25, -0.2) is 0 Å². The molecule has 0 aliphatic rings. The maximum absolute atomic E-state index is 10.7. The topological polar surface area (TPSA) is 108 Å². The zero-order valence-electron chi connectivity index (χ0n) is 8.85. The van der Waals surface area contributed by atoms with Crippen LogP contribution in [0.15, 0.2) is 0 Å². The van der Waals surface area contributed by atoms with Crippen molar-refractivity contribution in [1.82, 2.24) is 5.32 Å². The van der Waals surface area contributed by atoms with Crippen molar-refractivity contribution in [2.24, 2.45) is 5.73 Å². The largest absolute Gasteiger partial charge is 0.482 e. The Morgan fingerprint density at radius 2 is 2.19 bits per heavy atom. The first kappa shape index (κ1) is 20.8. The van der Waals surface area contributed by atoms with E-state index in [-0.39, 0.29) is 24.8 Å². The van der Waals surface area contributed by atoms with Gasteiger partial charge in [0.25, 0.3) is 0 Å². The summed E-state index contributed by atoms with van der Waals surface area (Å²) in [4.78, 5) is 10.7. The Kier molecular flexibility index (Phi) is 18.8. The van der Waals surface area contributed by atoms with Crippen molar-refractivity contribution >= 4 is 37.2 Å². The van der Waals surface area contributed by atoms with E-state index in [4.69, 9.17) is 16.2 Å². The number of aliphatic carboxylic acids is 1. The fraction of sp³-hybridized carbons (Fsp3) is 0.750. The SMILES string of the molecule is Cl.Cl.N=COCCN[C@@H](CCCN)C(=O)O. The van der Waals surface area contributed by atoms with E-state index >= 15 is 0 Å². The quantitative estimate of drug-likeness (QED) is 0.274. The molecule has 1 atom stereocenters. The third-order valence-corrected chi connectivity index (χ3v) is 1.69. The summed E-state index contributed by atoms with van der Waals surface area (Å²) in [7, 11) is 0. The lowest BCUT2D eigenvalue weighted by atomic mass is 10.1. The van der Waals surface area contributed by atoms with Gasteiger partial charge in [0.1, 0.15) is 12.6 Å². The molecule has 0 radical (unpaired) electrons. The molecule has 16 heavy (non-hydrogen) atoms. The number of hydrogen-bond acceptors (Lipinski definition) is 5. The van der Waals surface area contributed by atoms with Gasteiger partial charge in [-0.3, -0.25) is 10.2 Å². The van der Waals surface area contributed by atoms with Crippen LogP contribution in [-0.2, 0) is 9.53 Å². The minimum Gasteiger partial charge on any atom is -0.482 e. The zero-order valence-corrected chi connectivity index (χ0v) is 10.5. The van der Waals surface area contributed by atoms with E-state index in [2.05, 4.69) is 10.1 Å². The van der Waals surface area contributed by atoms with Gasteiger partial charge in [0.05, 0.1) is 0 Å². The molecule has 98 valence electrons. The number of nitrogens with two attached hydrogens (primary N) is 1. The highest BCUT2D eigenvalue weighted by Crippen LogP contribution is 1.95. The highest BCUT2D eigenvalue weighted by Gasteiger charge is 2.14. The Hall–Kier alpha value is -0.560. The molecule has 0 saturated heterocycles. The molecule has 0 aromatic carbocycles. The van der Waals surface area contributed by atoms with Crippen LogP contribution >= 0.6 is 24.8 Å². The van der Waals surface area contributed by atoms with Crippen LogP contribution in [-0.4, -0.2) is 43.2 Å². The number of halogens is 2. The Morgan fingerprint density at radius 1 is 1.56 bits per heavy atom. The number of rotatable bonds is 9. The molecular formula is C8H19Cl2N3O3. The molecule has 0 aromatic heterocycles. The number of nitrogens with one attached hydrogen (secondary N) is 2.